The van der Waals surface area contributed by atoms with Gasteiger partial charge in [0.05, 0.1) is 5.75 Å². The van der Waals surface area contributed by atoms with Gasteiger partial charge in [-0.3, -0.25) is 9.59 Å². The third kappa shape index (κ3) is 4.62. The molecule has 0 spiro atoms. The van der Waals surface area contributed by atoms with Gasteiger partial charge in [-0.05, 0) is 18.1 Å². The maximum atomic E-state index is 12.3. The Hall–Kier alpha value is -2.93. The number of rotatable bonds is 6. The molecule has 7 heteroatoms. The van der Waals surface area contributed by atoms with Gasteiger partial charge in [0.25, 0.3) is 0 Å². The fourth-order valence-corrected chi connectivity index (χ4v) is 3.35. The van der Waals surface area contributed by atoms with E-state index in [2.05, 4.69) is 15.4 Å². The highest BCUT2D eigenvalue weighted by Gasteiger charge is 2.16. The predicted molar refractivity (Wildman–Crippen MR) is 107 cm³/mol. The molecule has 0 fully saturated rings. The summed E-state index contributed by atoms with van der Waals surface area (Å²) in [5.74, 6) is 0.201. The number of carbonyl (C=O) groups excluding carboxylic acids is 2. The van der Waals surface area contributed by atoms with Crippen molar-refractivity contribution in [3.05, 3.63) is 60.2 Å². The number of hydrogen-bond acceptors (Lipinski definition) is 5. The average Bonchev–Trinajstić information content (AvgIpc) is 3.12. The lowest BCUT2D eigenvalue weighted by Gasteiger charge is -2.09. The lowest BCUT2D eigenvalue weighted by molar-refractivity contribution is -0.113. The Labute approximate surface area is 162 Å². The topological polar surface area (TPSA) is 76.9 Å². The molecule has 27 heavy (non-hydrogen) atoms. The molecular formula is C20H20N4O2S. The Balaban J connectivity index is 1.72. The van der Waals surface area contributed by atoms with E-state index in [1.165, 1.54) is 23.4 Å². The number of nitrogens with one attached hydrogen (secondary N) is 1. The van der Waals surface area contributed by atoms with Gasteiger partial charge in [0.15, 0.2) is 11.0 Å². The molecular weight excluding hydrogens is 360 g/mol. The first-order chi connectivity index (χ1) is 13.1. The minimum absolute atomic E-state index is 0.137. The van der Waals surface area contributed by atoms with Crippen molar-refractivity contribution in [1.82, 2.24) is 14.8 Å². The molecule has 0 saturated carbocycles. The van der Waals surface area contributed by atoms with Crippen molar-refractivity contribution in [3.63, 3.8) is 0 Å². The molecule has 3 rings (SSSR count). The van der Waals surface area contributed by atoms with Crippen LogP contribution < -0.4 is 5.32 Å². The summed E-state index contributed by atoms with van der Waals surface area (Å²) in [5.41, 5.74) is 2.71. The summed E-state index contributed by atoms with van der Waals surface area (Å²) < 4.78 is 1.24. The summed E-state index contributed by atoms with van der Waals surface area (Å²) in [6, 6.07) is 17.1. The van der Waals surface area contributed by atoms with Crippen LogP contribution in [0.4, 0.5) is 5.69 Å². The normalized spacial score (nSPS) is 10.6. The number of carbonyl (C=O) groups is 2. The summed E-state index contributed by atoms with van der Waals surface area (Å²) in [5, 5.41) is 7.59. The van der Waals surface area contributed by atoms with E-state index in [1.807, 2.05) is 61.5 Å². The Morgan fingerprint density at radius 3 is 2.48 bits per heavy atom. The van der Waals surface area contributed by atoms with Crippen molar-refractivity contribution in [2.24, 2.45) is 0 Å². The Morgan fingerprint density at radius 1 is 1.07 bits per heavy atom. The van der Waals surface area contributed by atoms with Crippen LogP contribution in [-0.2, 0) is 11.2 Å². The van der Waals surface area contributed by atoms with Gasteiger partial charge in [-0.15, -0.1) is 5.10 Å². The zero-order valence-electron chi connectivity index (χ0n) is 15.2. The fourth-order valence-electron chi connectivity index (χ4n) is 2.57. The minimum Gasteiger partial charge on any atom is -0.325 e. The highest BCUT2D eigenvalue weighted by Crippen LogP contribution is 2.22. The molecule has 1 aromatic heterocycles. The molecule has 6 nitrogen and oxygen atoms in total. The lowest BCUT2D eigenvalue weighted by Crippen LogP contribution is -2.16. The van der Waals surface area contributed by atoms with E-state index in [1.54, 1.807) is 0 Å². The number of nitrogens with zero attached hydrogens (tertiary/aromatic N) is 3. The average molecular weight is 380 g/mol. The van der Waals surface area contributed by atoms with Crippen LogP contribution in [0, 0.1) is 0 Å². The largest absolute Gasteiger partial charge is 0.325 e. The van der Waals surface area contributed by atoms with Gasteiger partial charge in [0, 0.05) is 18.2 Å². The Bertz CT molecular complexity index is 954. The zero-order chi connectivity index (χ0) is 19.2. The number of thioether (sulfide) groups is 1. The first-order valence-corrected chi connectivity index (χ1v) is 9.61. The number of amides is 1. The van der Waals surface area contributed by atoms with Crippen LogP contribution in [0.1, 0.15) is 24.2 Å². The van der Waals surface area contributed by atoms with Gasteiger partial charge in [0.2, 0.25) is 11.8 Å². The highest BCUT2D eigenvalue weighted by atomic mass is 32.2. The van der Waals surface area contributed by atoms with Crippen molar-refractivity contribution in [2.45, 2.75) is 25.4 Å². The third-order valence-electron chi connectivity index (χ3n) is 3.91. The van der Waals surface area contributed by atoms with Crippen LogP contribution in [0.15, 0.2) is 59.8 Å². The zero-order valence-corrected chi connectivity index (χ0v) is 16.0. The molecule has 0 bridgehead atoms. The van der Waals surface area contributed by atoms with Gasteiger partial charge in [0.1, 0.15) is 0 Å². The highest BCUT2D eigenvalue weighted by molar-refractivity contribution is 7.99. The van der Waals surface area contributed by atoms with E-state index in [9.17, 15) is 9.59 Å². The molecule has 0 atom stereocenters. The number of benzene rings is 2. The Morgan fingerprint density at radius 2 is 1.78 bits per heavy atom. The predicted octanol–water partition coefficient (Wildman–Crippen LogP) is 3.90. The van der Waals surface area contributed by atoms with Gasteiger partial charge in [-0.1, -0.05) is 67.2 Å². The van der Waals surface area contributed by atoms with Crippen molar-refractivity contribution >= 4 is 29.3 Å². The molecule has 0 aliphatic rings. The first kappa shape index (κ1) is 18.8. The van der Waals surface area contributed by atoms with Crippen LogP contribution in [0.5, 0.6) is 0 Å². The maximum absolute atomic E-state index is 12.3. The van der Waals surface area contributed by atoms with Gasteiger partial charge in [-0.25, -0.2) is 4.98 Å². The number of anilines is 1. The summed E-state index contributed by atoms with van der Waals surface area (Å²) >= 11 is 1.19. The van der Waals surface area contributed by atoms with Crippen molar-refractivity contribution in [2.75, 3.05) is 11.1 Å². The molecule has 0 aliphatic heterocycles. The quantitative estimate of drug-likeness (QED) is 0.656. The van der Waals surface area contributed by atoms with Gasteiger partial charge >= 0.3 is 0 Å². The number of para-hydroxylation sites is 1. The van der Waals surface area contributed by atoms with E-state index in [0.29, 0.717) is 11.0 Å². The third-order valence-corrected chi connectivity index (χ3v) is 4.84. The van der Waals surface area contributed by atoms with E-state index in [-0.39, 0.29) is 17.6 Å². The fraction of sp³-hybridized carbons (Fsp3) is 0.200. The number of aryl methyl sites for hydroxylation is 1. The van der Waals surface area contributed by atoms with E-state index >= 15 is 0 Å². The second-order valence-electron chi connectivity index (χ2n) is 5.86. The van der Waals surface area contributed by atoms with E-state index in [0.717, 1.165) is 23.2 Å². The second kappa shape index (κ2) is 8.64. The summed E-state index contributed by atoms with van der Waals surface area (Å²) in [6.45, 7) is 3.46. The summed E-state index contributed by atoms with van der Waals surface area (Å²) in [4.78, 5) is 28.6. The van der Waals surface area contributed by atoms with Crippen molar-refractivity contribution < 1.29 is 9.59 Å². The van der Waals surface area contributed by atoms with E-state index < -0.39 is 0 Å². The molecule has 0 aliphatic carbocycles. The summed E-state index contributed by atoms with van der Waals surface area (Å²) in [6.07, 6.45) is 0.836. The molecule has 3 aromatic rings. The molecule has 0 saturated heterocycles. The standard InChI is InChI=1S/C20H20N4O2S/c1-3-15-9-7-8-12-17(15)21-18(26)13-27-20-22-19(23-24(20)14(2)25)16-10-5-4-6-11-16/h4-12H,3,13H2,1-2H3,(H,21,26). The van der Waals surface area contributed by atoms with Gasteiger partial charge < -0.3 is 5.32 Å². The second-order valence-corrected chi connectivity index (χ2v) is 6.80. The minimum atomic E-state index is -0.246. The smallest absolute Gasteiger partial charge is 0.246 e. The molecule has 2 aromatic carbocycles. The first-order valence-electron chi connectivity index (χ1n) is 8.62. The molecule has 1 heterocycles. The van der Waals surface area contributed by atoms with Crippen molar-refractivity contribution in [3.8, 4) is 11.4 Å². The lowest BCUT2D eigenvalue weighted by atomic mass is 10.1. The molecule has 0 unspecified atom stereocenters. The molecule has 138 valence electrons. The van der Waals surface area contributed by atoms with E-state index in [4.69, 9.17) is 0 Å². The SMILES string of the molecule is CCc1ccccc1NC(=O)CSc1nc(-c2ccccc2)nn1C(C)=O. The molecule has 0 radical (unpaired) electrons. The van der Waals surface area contributed by atoms with Crippen LogP contribution in [0.25, 0.3) is 11.4 Å². The molecule has 1 amide bonds. The van der Waals surface area contributed by atoms with Gasteiger partial charge in [-0.2, -0.15) is 4.68 Å². The van der Waals surface area contributed by atoms with Crippen LogP contribution >= 0.6 is 11.8 Å². The van der Waals surface area contributed by atoms with Crippen LogP contribution in [0.2, 0.25) is 0 Å². The van der Waals surface area contributed by atoms with Crippen molar-refractivity contribution in [1.29, 1.82) is 0 Å². The monoisotopic (exact) mass is 380 g/mol. The number of aromatic nitrogens is 3. The van der Waals surface area contributed by atoms with Crippen LogP contribution in [-0.4, -0.2) is 32.3 Å². The maximum Gasteiger partial charge on any atom is 0.246 e. The Kier molecular flexibility index (Phi) is 6.03. The summed E-state index contributed by atoms with van der Waals surface area (Å²) in [7, 11) is 0. The number of hydrogen-bond donors (Lipinski definition) is 1. The molecule has 1 N–H and O–H groups in total. The van der Waals surface area contributed by atoms with Crippen LogP contribution in [0.3, 0.4) is 0 Å².